The smallest absolute Gasteiger partial charge is 0.335 e. The van der Waals surface area contributed by atoms with E-state index in [-0.39, 0.29) is 18.3 Å². The summed E-state index contributed by atoms with van der Waals surface area (Å²) >= 11 is 0.576. The molecule has 0 fully saturated rings. The molecule has 0 saturated carbocycles. The van der Waals surface area contributed by atoms with Crippen molar-refractivity contribution in [2.24, 2.45) is 5.73 Å². The van der Waals surface area contributed by atoms with E-state index in [1.807, 2.05) is 13.0 Å². The van der Waals surface area contributed by atoms with Gasteiger partial charge in [0.1, 0.15) is 17.0 Å². The Morgan fingerprint density at radius 3 is 2.50 bits per heavy atom. The summed E-state index contributed by atoms with van der Waals surface area (Å²) in [5.74, 6) is -0.156. The first-order valence-electron chi connectivity index (χ1n) is 9.63. The van der Waals surface area contributed by atoms with Crippen molar-refractivity contribution >= 4 is 22.9 Å². The Bertz CT molecular complexity index is 1210. The van der Waals surface area contributed by atoms with E-state index in [1.165, 1.54) is 24.5 Å². The van der Waals surface area contributed by atoms with Crippen molar-refractivity contribution in [1.82, 2.24) is 14.5 Å². The minimum absolute atomic E-state index is 0.0525. The Morgan fingerprint density at radius 1 is 1.19 bits per heavy atom. The van der Waals surface area contributed by atoms with Crippen LogP contribution in [0.15, 0.2) is 53.6 Å². The van der Waals surface area contributed by atoms with Gasteiger partial charge in [-0.3, -0.25) is 4.57 Å². The van der Waals surface area contributed by atoms with Gasteiger partial charge < -0.3 is 10.6 Å². The van der Waals surface area contributed by atoms with Crippen molar-refractivity contribution in [2.75, 3.05) is 18.0 Å². The summed E-state index contributed by atoms with van der Waals surface area (Å²) in [4.78, 5) is 22.1. The van der Waals surface area contributed by atoms with Crippen molar-refractivity contribution in [1.29, 1.82) is 0 Å². The number of thiophene rings is 1. The Balaban J connectivity index is 1.53. The van der Waals surface area contributed by atoms with Crippen LogP contribution in [-0.4, -0.2) is 33.2 Å². The molecule has 0 radical (unpaired) electrons. The quantitative estimate of drug-likeness (QED) is 0.597. The molecule has 0 amide bonds. The predicted octanol–water partition coefficient (Wildman–Crippen LogP) is 3.53. The van der Waals surface area contributed by atoms with E-state index in [2.05, 4.69) is 9.97 Å². The maximum atomic E-state index is 13.2. The van der Waals surface area contributed by atoms with Gasteiger partial charge in [0, 0.05) is 18.0 Å². The molecular weight excluding hydrogens is 446 g/mol. The average molecular weight is 465 g/mol. The van der Waals surface area contributed by atoms with Crippen LogP contribution in [0.1, 0.15) is 22.2 Å². The summed E-state index contributed by atoms with van der Waals surface area (Å²) in [5.41, 5.74) is 6.72. The van der Waals surface area contributed by atoms with Crippen LogP contribution in [0, 0.1) is 5.82 Å². The molecule has 1 aliphatic rings. The number of benzene rings is 1. The summed E-state index contributed by atoms with van der Waals surface area (Å²) in [6.07, 6.45) is -1.27. The second-order valence-corrected chi connectivity index (χ2v) is 8.92. The molecule has 1 aromatic carbocycles. The van der Waals surface area contributed by atoms with Crippen LogP contribution in [0.25, 0.3) is 5.57 Å². The summed E-state index contributed by atoms with van der Waals surface area (Å²) < 4.78 is 52.7. The van der Waals surface area contributed by atoms with Crippen LogP contribution in [-0.2, 0) is 12.7 Å². The van der Waals surface area contributed by atoms with Gasteiger partial charge in [0.25, 0.3) is 0 Å². The minimum atomic E-state index is -4.42. The van der Waals surface area contributed by atoms with E-state index >= 15 is 0 Å². The highest BCUT2D eigenvalue weighted by Crippen LogP contribution is 2.35. The molecule has 1 atom stereocenters. The lowest BCUT2D eigenvalue weighted by Crippen LogP contribution is -2.52. The molecule has 2 aromatic heterocycles. The third kappa shape index (κ3) is 4.58. The van der Waals surface area contributed by atoms with E-state index in [1.54, 1.807) is 17.0 Å². The second-order valence-electron chi connectivity index (χ2n) is 7.75. The van der Waals surface area contributed by atoms with Gasteiger partial charge in [-0.1, -0.05) is 18.2 Å². The lowest BCUT2D eigenvalue weighted by Gasteiger charge is -2.38. The number of hydrogen-bond donors (Lipinski definition) is 1. The van der Waals surface area contributed by atoms with Crippen LogP contribution in [0.2, 0.25) is 0 Å². The molecule has 32 heavy (non-hydrogen) atoms. The molecule has 4 rings (SSSR count). The van der Waals surface area contributed by atoms with Gasteiger partial charge in [0.05, 0.1) is 12.1 Å². The molecule has 0 aliphatic carbocycles. The number of nitrogens with zero attached hydrogens (tertiary/aromatic N) is 4. The van der Waals surface area contributed by atoms with E-state index in [0.29, 0.717) is 29.3 Å². The van der Waals surface area contributed by atoms with E-state index in [4.69, 9.17) is 5.73 Å². The highest BCUT2D eigenvalue weighted by atomic mass is 32.1. The summed E-state index contributed by atoms with van der Waals surface area (Å²) in [7, 11) is 0. The molecule has 3 aromatic rings. The van der Waals surface area contributed by atoms with Crippen LogP contribution >= 0.6 is 11.3 Å². The van der Waals surface area contributed by atoms with E-state index in [9.17, 15) is 22.4 Å². The molecule has 6 nitrogen and oxygen atoms in total. The number of halogens is 4. The normalized spacial score (nSPS) is 19.2. The van der Waals surface area contributed by atoms with Crippen molar-refractivity contribution in [3.8, 4) is 0 Å². The second kappa shape index (κ2) is 8.14. The number of anilines is 1. The number of hydrogen-bond acceptors (Lipinski definition) is 6. The first kappa shape index (κ1) is 22.2. The fourth-order valence-corrected chi connectivity index (χ4v) is 4.48. The van der Waals surface area contributed by atoms with Crippen molar-refractivity contribution in [3.63, 3.8) is 0 Å². The first-order valence-corrected chi connectivity index (χ1v) is 10.4. The van der Waals surface area contributed by atoms with Gasteiger partial charge in [-0.25, -0.2) is 14.2 Å². The largest absolute Gasteiger partial charge is 0.425 e. The van der Waals surface area contributed by atoms with Gasteiger partial charge in [0.15, 0.2) is 0 Å². The monoisotopic (exact) mass is 465 g/mol. The topological polar surface area (TPSA) is 77.0 Å². The molecule has 0 spiro atoms. The van der Waals surface area contributed by atoms with E-state index in [0.717, 1.165) is 21.8 Å². The zero-order chi connectivity index (χ0) is 23.1. The number of rotatable bonds is 4. The number of alkyl halides is 3. The van der Waals surface area contributed by atoms with Gasteiger partial charge in [-0.15, -0.1) is 11.3 Å². The minimum Gasteiger partial charge on any atom is -0.335 e. The highest BCUT2D eigenvalue weighted by Gasteiger charge is 2.33. The lowest BCUT2D eigenvalue weighted by molar-refractivity contribution is -0.134. The Hall–Kier alpha value is -3.05. The molecule has 0 bridgehead atoms. The molecular formula is C21H19F4N5OS. The van der Waals surface area contributed by atoms with Gasteiger partial charge in [-0.2, -0.15) is 18.2 Å². The fourth-order valence-electron chi connectivity index (χ4n) is 3.60. The molecule has 168 valence electrons. The average Bonchev–Trinajstić information content (AvgIpc) is 3.19. The lowest BCUT2D eigenvalue weighted by atomic mass is 9.84. The standard InChI is InChI=1S/C21H19F4N5OS/c1-20(26)11-29(9-8-16(20)13-2-4-14(22)5-3-13)18-27-12-30(19(31)28-18)10-15-6-7-17(32-15)21(23,24)25/h2-8,12H,9-11,26H2,1H3. The maximum Gasteiger partial charge on any atom is 0.425 e. The Kier molecular flexibility index (Phi) is 5.63. The number of nitrogens with two attached hydrogens (primary N) is 1. The van der Waals surface area contributed by atoms with Gasteiger partial charge >= 0.3 is 11.9 Å². The Morgan fingerprint density at radius 2 is 1.91 bits per heavy atom. The number of aromatic nitrogens is 3. The van der Waals surface area contributed by atoms with Crippen LogP contribution in [0.5, 0.6) is 0 Å². The third-order valence-corrected chi connectivity index (χ3v) is 6.22. The molecule has 3 heterocycles. The highest BCUT2D eigenvalue weighted by molar-refractivity contribution is 7.12. The van der Waals surface area contributed by atoms with Crippen molar-refractivity contribution in [2.45, 2.75) is 25.2 Å². The zero-order valence-corrected chi connectivity index (χ0v) is 17.8. The summed E-state index contributed by atoms with van der Waals surface area (Å²) in [6, 6.07) is 8.38. The molecule has 0 saturated heterocycles. The molecule has 11 heteroatoms. The Labute approximate surface area is 184 Å². The molecule has 1 unspecified atom stereocenters. The molecule has 1 aliphatic heterocycles. The van der Waals surface area contributed by atoms with Crippen LogP contribution < -0.4 is 16.3 Å². The SMILES string of the molecule is CC1(N)CN(c2ncn(Cc3ccc(C(F)(F)F)s3)c(=O)n2)CC=C1c1ccc(F)cc1. The zero-order valence-electron chi connectivity index (χ0n) is 16.9. The summed E-state index contributed by atoms with van der Waals surface area (Å²) in [5, 5.41) is 0. The van der Waals surface area contributed by atoms with E-state index < -0.39 is 22.3 Å². The van der Waals surface area contributed by atoms with Crippen LogP contribution in [0.4, 0.5) is 23.5 Å². The van der Waals surface area contributed by atoms with Crippen molar-refractivity contribution in [3.05, 3.63) is 80.4 Å². The third-order valence-electron chi connectivity index (χ3n) is 5.11. The summed E-state index contributed by atoms with van der Waals surface area (Å²) in [6.45, 7) is 2.48. The van der Waals surface area contributed by atoms with Crippen LogP contribution in [0.3, 0.4) is 0 Å². The van der Waals surface area contributed by atoms with Gasteiger partial charge in [0.2, 0.25) is 5.95 Å². The van der Waals surface area contributed by atoms with Gasteiger partial charge in [-0.05, 0) is 42.3 Å². The predicted molar refractivity (Wildman–Crippen MR) is 114 cm³/mol. The fraction of sp³-hybridized carbons (Fsp3) is 0.286. The van der Waals surface area contributed by atoms with Crippen molar-refractivity contribution < 1.29 is 17.6 Å². The molecule has 2 N–H and O–H groups in total. The maximum absolute atomic E-state index is 13.2. The first-order chi connectivity index (χ1) is 15.0.